The molecule has 156 valence electrons. The molecule has 2 aromatic rings. The van der Waals surface area contributed by atoms with Crippen LogP contribution in [-0.4, -0.2) is 47.0 Å². The minimum absolute atomic E-state index is 0.0339. The van der Waals surface area contributed by atoms with Crippen LogP contribution in [-0.2, 0) is 0 Å². The molecule has 1 fully saturated rings. The normalized spacial score (nSPS) is 19.2. The third-order valence-electron chi connectivity index (χ3n) is 5.06. The lowest BCUT2D eigenvalue weighted by molar-refractivity contribution is 0.112. The fourth-order valence-electron chi connectivity index (χ4n) is 3.65. The second-order valence-corrected chi connectivity index (χ2v) is 7.84. The third-order valence-corrected chi connectivity index (χ3v) is 5.31. The van der Waals surface area contributed by atoms with Gasteiger partial charge in [0.25, 0.3) is 0 Å². The Labute approximate surface area is 182 Å². The number of piperazine rings is 1. The van der Waals surface area contributed by atoms with Gasteiger partial charge >= 0.3 is 6.03 Å². The van der Waals surface area contributed by atoms with Gasteiger partial charge in [0.1, 0.15) is 0 Å². The monoisotopic (exact) mass is 424 g/mol. The Hall–Kier alpha value is -3.24. The Kier molecular flexibility index (Phi) is 6.80. The maximum absolute atomic E-state index is 12.7. The van der Waals surface area contributed by atoms with Crippen molar-refractivity contribution in [2.24, 2.45) is 4.99 Å². The van der Waals surface area contributed by atoms with Crippen LogP contribution in [0.15, 0.2) is 53.5 Å². The first-order valence-electron chi connectivity index (χ1n) is 9.78. The Morgan fingerprint density at radius 3 is 2.37 bits per heavy atom. The van der Waals surface area contributed by atoms with E-state index in [2.05, 4.69) is 15.5 Å². The van der Waals surface area contributed by atoms with Crippen molar-refractivity contribution in [2.75, 3.05) is 18.4 Å². The van der Waals surface area contributed by atoms with Crippen molar-refractivity contribution < 1.29 is 4.79 Å². The molecular formula is C22H25ClN6O. The number of nitrogens with zero attached hydrogens (tertiary/aromatic N) is 4. The average molecular weight is 425 g/mol. The van der Waals surface area contributed by atoms with E-state index in [9.17, 15) is 10.1 Å². The molecule has 30 heavy (non-hydrogen) atoms. The molecule has 0 unspecified atom stereocenters. The highest BCUT2D eigenvalue weighted by Gasteiger charge is 2.34. The third kappa shape index (κ3) is 5.02. The molecule has 0 spiro atoms. The summed E-state index contributed by atoms with van der Waals surface area (Å²) in [7, 11) is 0. The van der Waals surface area contributed by atoms with Crippen LogP contribution in [0, 0.1) is 18.4 Å². The van der Waals surface area contributed by atoms with Gasteiger partial charge in [-0.25, -0.2) is 9.79 Å². The highest BCUT2D eigenvalue weighted by Crippen LogP contribution is 2.22. The molecule has 2 N–H and O–H groups in total. The molecule has 0 aliphatic carbocycles. The first-order chi connectivity index (χ1) is 14.4. The standard InChI is InChI=1S/C22H25ClN6O/c1-15-6-4-5-7-20(15)27-21(25-14-24)29-16(2)12-28(13-17(29)3)22(30)26-19-10-8-18(23)9-11-19/h4-11,16-17H,12-13H2,1-3H3,(H,25,27)(H,26,30)/t16-,17+. The molecule has 0 aromatic heterocycles. The zero-order valence-corrected chi connectivity index (χ0v) is 18.0. The van der Waals surface area contributed by atoms with Crippen molar-refractivity contribution in [1.29, 1.82) is 5.26 Å². The number of nitriles is 1. The van der Waals surface area contributed by atoms with Crippen molar-refractivity contribution in [2.45, 2.75) is 32.9 Å². The SMILES string of the molecule is Cc1ccccc1N=C(NC#N)N1[C@H](C)CN(C(=O)Nc2ccc(Cl)cc2)C[C@@H]1C. The van der Waals surface area contributed by atoms with Gasteiger partial charge in [0.2, 0.25) is 5.96 Å². The molecular weight excluding hydrogens is 400 g/mol. The molecule has 3 rings (SSSR count). The van der Waals surface area contributed by atoms with Gasteiger partial charge in [0.15, 0.2) is 6.19 Å². The number of benzene rings is 2. The minimum atomic E-state index is -0.165. The van der Waals surface area contributed by atoms with Crippen LogP contribution in [0.5, 0.6) is 0 Å². The molecule has 7 nitrogen and oxygen atoms in total. The number of nitrogens with one attached hydrogen (secondary N) is 2. The van der Waals surface area contributed by atoms with Crippen LogP contribution < -0.4 is 10.6 Å². The summed E-state index contributed by atoms with van der Waals surface area (Å²) in [5, 5.41) is 15.5. The lowest BCUT2D eigenvalue weighted by Crippen LogP contribution is -2.62. The van der Waals surface area contributed by atoms with E-state index in [4.69, 9.17) is 16.6 Å². The highest BCUT2D eigenvalue weighted by molar-refractivity contribution is 6.30. The Balaban J connectivity index is 1.75. The van der Waals surface area contributed by atoms with E-state index in [1.54, 1.807) is 29.2 Å². The van der Waals surface area contributed by atoms with E-state index < -0.39 is 0 Å². The molecule has 0 saturated carbocycles. The van der Waals surface area contributed by atoms with Gasteiger partial charge in [-0.2, -0.15) is 5.26 Å². The second kappa shape index (κ2) is 9.51. The Morgan fingerprint density at radius 2 is 1.77 bits per heavy atom. The maximum atomic E-state index is 12.7. The van der Waals surface area contributed by atoms with Crippen LogP contribution in [0.3, 0.4) is 0 Å². The van der Waals surface area contributed by atoms with Gasteiger partial charge in [-0.15, -0.1) is 0 Å². The summed E-state index contributed by atoms with van der Waals surface area (Å²) in [6, 6.07) is 14.6. The molecule has 0 bridgehead atoms. The van der Waals surface area contributed by atoms with Crippen LogP contribution in [0.25, 0.3) is 0 Å². The van der Waals surface area contributed by atoms with Crippen LogP contribution in [0.2, 0.25) is 5.02 Å². The molecule has 0 radical (unpaired) electrons. The fourth-order valence-corrected chi connectivity index (χ4v) is 3.77. The molecule has 2 amide bonds. The van der Waals surface area contributed by atoms with E-state index in [1.807, 2.05) is 51.2 Å². The topological polar surface area (TPSA) is 83.8 Å². The Morgan fingerprint density at radius 1 is 1.13 bits per heavy atom. The quantitative estimate of drug-likeness (QED) is 0.325. The minimum Gasteiger partial charge on any atom is -0.333 e. The summed E-state index contributed by atoms with van der Waals surface area (Å²) in [6.45, 7) is 7.03. The number of guanidine groups is 1. The average Bonchev–Trinajstić information content (AvgIpc) is 2.71. The van der Waals surface area contributed by atoms with Crippen molar-refractivity contribution in [3.05, 3.63) is 59.1 Å². The number of hydrogen-bond donors (Lipinski definition) is 2. The fraction of sp³-hybridized carbons (Fsp3) is 0.318. The number of para-hydroxylation sites is 1. The number of amides is 2. The van der Waals surface area contributed by atoms with Crippen molar-refractivity contribution in [1.82, 2.24) is 15.1 Å². The molecule has 2 atom stereocenters. The van der Waals surface area contributed by atoms with Crippen LogP contribution >= 0.6 is 11.6 Å². The van der Waals surface area contributed by atoms with Gasteiger partial charge in [-0.3, -0.25) is 5.32 Å². The first kappa shape index (κ1) is 21.5. The number of aliphatic imine (C=N–C) groups is 1. The number of carbonyl (C=O) groups is 1. The van der Waals surface area contributed by atoms with E-state index in [1.165, 1.54) is 0 Å². The van der Waals surface area contributed by atoms with Gasteiger partial charge in [0.05, 0.1) is 5.69 Å². The maximum Gasteiger partial charge on any atom is 0.321 e. The molecule has 8 heteroatoms. The number of hydrogen-bond acceptors (Lipinski definition) is 3. The number of aryl methyl sites for hydroxylation is 1. The first-order valence-corrected chi connectivity index (χ1v) is 10.2. The Bertz CT molecular complexity index is 956. The van der Waals surface area contributed by atoms with Crippen molar-refractivity contribution in [3.8, 4) is 6.19 Å². The van der Waals surface area contributed by atoms with Gasteiger partial charge in [-0.05, 0) is 56.7 Å². The predicted octanol–water partition coefficient (Wildman–Crippen LogP) is 4.33. The smallest absolute Gasteiger partial charge is 0.321 e. The number of rotatable bonds is 2. The van der Waals surface area contributed by atoms with Gasteiger partial charge < -0.3 is 15.1 Å². The molecule has 1 heterocycles. The molecule has 1 saturated heterocycles. The number of halogens is 1. The van der Waals surface area contributed by atoms with E-state index in [0.717, 1.165) is 11.3 Å². The lowest BCUT2D eigenvalue weighted by atomic mass is 10.1. The summed E-state index contributed by atoms with van der Waals surface area (Å²) < 4.78 is 0. The lowest BCUT2D eigenvalue weighted by Gasteiger charge is -2.45. The van der Waals surface area contributed by atoms with Crippen molar-refractivity contribution >= 4 is 35.0 Å². The number of anilines is 1. The number of carbonyl (C=O) groups excluding carboxylic acids is 1. The largest absolute Gasteiger partial charge is 0.333 e. The van der Waals surface area contributed by atoms with Gasteiger partial charge in [-0.1, -0.05) is 29.8 Å². The van der Waals surface area contributed by atoms with E-state index >= 15 is 0 Å². The summed E-state index contributed by atoms with van der Waals surface area (Å²) in [5.74, 6) is 0.490. The summed E-state index contributed by atoms with van der Waals surface area (Å²) in [6.07, 6.45) is 1.99. The van der Waals surface area contributed by atoms with E-state index in [-0.39, 0.29) is 18.1 Å². The molecule has 1 aliphatic heterocycles. The van der Waals surface area contributed by atoms with Gasteiger partial charge in [0, 0.05) is 35.9 Å². The number of urea groups is 1. The van der Waals surface area contributed by atoms with Crippen molar-refractivity contribution in [3.63, 3.8) is 0 Å². The second-order valence-electron chi connectivity index (χ2n) is 7.41. The zero-order valence-electron chi connectivity index (χ0n) is 17.3. The highest BCUT2D eigenvalue weighted by atomic mass is 35.5. The van der Waals surface area contributed by atoms with E-state index in [0.29, 0.717) is 29.8 Å². The van der Waals surface area contributed by atoms with Crippen LogP contribution in [0.4, 0.5) is 16.2 Å². The summed E-state index contributed by atoms with van der Waals surface area (Å²) in [4.78, 5) is 21.3. The molecule has 2 aromatic carbocycles. The molecule has 1 aliphatic rings. The predicted molar refractivity (Wildman–Crippen MR) is 120 cm³/mol. The van der Waals surface area contributed by atoms with Crippen LogP contribution in [0.1, 0.15) is 19.4 Å². The zero-order chi connectivity index (χ0) is 21.7. The summed E-state index contributed by atoms with van der Waals surface area (Å²) >= 11 is 5.91. The summed E-state index contributed by atoms with van der Waals surface area (Å²) in [5.41, 5.74) is 2.52.